The first kappa shape index (κ1) is 21.4. The number of nitrogens with one attached hydrogen (secondary N) is 1. The van der Waals surface area contributed by atoms with E-state index < -0.39 is 0 Å². The summed E-state index contributed by atoms with van der Waals surface area (Å²) in [5, 5.41) is 8.33. The van der Waals surface area contributed by atoms with Crippen molar-refractivity contribution in [2.75, 3.05) is 5.75 Å². The Labute approximate surface area is 178 Å². The number of carbonyl (C=O) groups excluding carboxylic acids is 1. The van der Waals surface area contributed by atoms with Crippen LogP contribution in [0.15, 0.2) is 40.4 Å². The summed E-state index contributed by atoms with van der Waals surface area (Å²) in [6, 6.07) is 7.39. The number of thioether (sulfide) groups is 1. The van der Waals surface area contributed by atoms with E-state index in [4.69, 9.17) is 11.6 Å². The summed E-state index contributed by atoms with van der Waals surface area (Å²) >= 11 is 7.38. The molecule has 0 aliphatic carbocycles. The maximum Gasteiger partial charge on any atom is 0.282 e. The highest BCUT2D eigenvalue weighted by atomic mass is 35.5. The van der Waals surface area contributed by atoms with Gasteiger partial charge in [0, 0.05) is 24.7 Å². The molecule has 0 spiro atoms. The number of halogens is 1. The molecule has 0 fully saturated rings. The Bertz CT molecular complexity index is 1080. The molecule has 1 N–H and O–H groups in total. The van der Waals surface area contributed by atoms with E-state index in [1.165, 1.54) is 11.8 Å². The molecule has 0 aliphatic heterocycles. The van der Waals surface area contributed by atoms with Crippen LogP contribution in [0.2, 0.25) is 5.02 Å². The van der Waals surface area contributed by atoms with Gasteiger partial charge in [-0.2, -0.15) is 5.10 Å². The second-order valence-electron chi connectivity index (χ2n) is 7.08. The summed E-state index contributed by atoms with van der Waals surface area (Å²) in [5.74, 6) is 0.265. The highest BCUT2D eigenvalue weighted by Crippen LogP contribution is 2.19. The maximum atomic E-state index is 12.9. The van der Waals surface area contributed by atoms with Crippen LogP contribution in [0.3, 0.4) is 0 Å². The number of hydrogen-bond donors (Lipinski definition) is 1. The number of benzene rings is 1. The van der Waals surface area contributed by atoms with Crippen molar-refractivity contribution in [3.63, 3.8) is 0 Å². The van der Waals surface area contributed by atoms with Crippen LogP contribution in [0.25, 0.3) is 11.0 Å². The molecule has 0 saturated carbocycles. The molecule has 9 heteroatoms. The molecule has 29 heavy (non-hydrogen) atoms. The van der Waals surface area contributed by atoms with Crippen molar-refractivity contribution in [1.29, 1.82) is 0 Å². The van der Waals surface area contributed by atoms with E-state index in [1.807, 2.05) is 39.0 Å². The van der Waals surface area contributed by atoms with E-state index in [0.29, 0.717) is 40.8 Å². The lowest BCUT2D eigenvalue weighted by molar-refractivity contribution is -0.118. The Kier molecular flexibility index (Phi) is 6.97. The molecule has 3 aromatic rings. The second kappa shape index (κ2) is 9.45. The molecular formula is C20H24ClN5O2S. The molecular weight excluding hydrogens is 410 g/mol. The van der Waals surface area contributed by atoms with Gasteiger partial charge in [0.15, 0.2) is 10.7 Å². The first-order chi connectivity index (χ1) is 13.9. The van der Waals surface area contributed by atoms with Crippen molar-refractivity contribution in [3.05, 3.63) is 51.4 Å². The van der Waals surface area contributed by atoms with E-state index in [9.17, 15) is 9.59 Å². The van der Waals surface area contributed by atoms with Crippen LogP contribution in [-0.4, -0.2) is 31.0 Å². The molecule has 1 aromatic carbocycles. The molecule has 7 nitrogen and oxygen atoms in total. The first-order valence-corrected chi connectivity index (χ1v) is 10.9. The number of aryl methyl sites for hydroxylation is 1. The van der Waals surface area contributed by atoms with Crippen LogP contribution in [-0.2, 0) is 24.4 Å². The topological polar surface area (TPSA) is 81.8 Å². The smallest absolute Gasteiger partial charge is 0.282 e. The average Bonchev–Trinajstić information content (AvgIpc) is 3.11. The van der Waals surface area contributed by atoms with Gasteiger partial charge in [0.25, 0.3) is 5.56 Å². The summed E-state index contributed by atoms with van der Waals surface area (Å²) in [6.45, 7) is 7.56. The Morgan fingerprint density at radius 2 is 2.07 bits per heavy atom. The van der Waals surface area contributed by atoms with Gasteiger partial charge < -0.3 is 5.32 Å². The fourth-order valence-corrected chi connectivity index (χ4v) is 3.88. The van der Waals surface area contributed by atoms with E-state index in [0.717, 1.165) is 5.56 Å². The third-order valence-corrected chi connectivity index (χ3v) is 5.62. The number of fused-ring (bicyclic) bond motifs is 1. The van der Waals surface area contributed by atoms with Crippen LogP contribution >= 0.6 is 23.4 Å². The van der Waals surface area contributed by atoms with Gasteiger partial charge in [0.05, 0.1) is 11.9 Å². The van der Waals surface area contributed by atoms with Gasteiger partial charge in [-0.3, -0.25) is 18.8 Å². The first-order valence-electron chi connectivity index (χ1n) is 9.50. The van der Waals surface area contributed by atoms with Crippen molar-refractivity contribution in [2.45, 2.75) is 45.6 Å². The predicted molar refractivity (Wildman–Crippen MR) is 116 cm³/mol. The summed E-state index contributed by atoms with van der Waals surface area (Å²) in [5.41, 5.74) is 1.60. The van der Waals surface area contributed by atoms with Gasteiger partial charge in [0.2, 0.25) is 5.91 Å². The lowest BCUT2D eigenvalue weighted by atomic mass is 10.2. The molecule has 1 amide bonds. The van der Waals surface area contributed by atoms with Gasteiger partial charge >= 0.3 is 0 Å². The largest absolute Gasteiger partial charge is 0.351 e. The minimum atomic E-state index is -0.171. The molecule has 0 bridgehead atoms. The lowest BCUT2D eigenvalue weighted by Gasteiger charge is -2.13. The minimum Gasteiger partial charge on any atom is -0.351 e. The second-order valence-corrected chi connectivity index (χ2v) is 8.43. The third-order valence-electron chi connectivity index (χ3n) is 4.28. The monoisotopic (exact) mass is 433 g/mol. The third kappa shape index (κ3) is 5.19. The SMILES string of the molecule is CCn1cc2nc(SCC(=O)NCc3ccccc3Cl)n(CC(C)C)c(=O)c2n1. The Morgan fingerprint density at radius 3 is 2.76 bits per heavy atom. The van der Waals surface area contributed by atoms with Crippen molar-refractivity contribution in [2.24, 2.45) is 5.92 Å². The average molecular weight is 434 g/mol. The van der Waals surface area contributed by atoms with Crippen LogP contribution in [0, 0.1) is 5.92 Å². The molecule has 2 heterocycles. The van der Waals surface area contributed by atoms with E-state index in [1.54, 1.807) is 21.5 Å². The summed E-state index contributed by atoms with van der Waals surface area (Å²) in [7, 11) is 0. The summed E-state index contributed by atoms with van der Waals surface area (Å²) < 4.78 is 3.32. The van der Waals surface area contributed by atoms with Crippen LogP contribution in [0.5, 0.6) is 0 Å². The van der Waals surface area contributed by atoms with Gasteiger partial charge in [-0.05, 0) is 24.5 Å². The minimum absolute atomic E-state index is 0.149. The van der Waals surface area contributed by atoms with Crippen LogP contribution in [0.4, 0.5) is 0 Å². The van der Waals surface area contributed by atoms with Gasteiger partial charge in [0.1, 0.15) is 5.52 Å². The molecule has 0 unspecified atom stereocenters. The van der Waals surface area contributed by atoms with Crippen LogP contribution < -0.4 is 10.9 Å². The van der Waals surface area contributed by atoms with E-state index in [-0.39, 0.29) is 23.1 Å². The maximum absolute atomic E-state index is 12.9. The lowest BCUT2D eigenvalue weighted by Crippen LogP contribution is -2.28. The Balaban J connectivity index is 1.76. The molecule has 3 rings (SSSR count). The standard InChI is InChI=1S/C20H24ClN5O2S/c1-4-25-11-16-18(24-25)19(28)26(10-13(2)3)20(23-16)29-12-17(27)22-9-14-7-5-6-8-15(14)21/h5-8,11,13H,4,9-10,12H2,1-3H3,(H,22,27). The number of aromatic nitrogens is 4. The number of nitrogens with zero attached hydrogens (tertiary/aromatic N) is 4. The van der Waals surface area contributed by atoms with E-state index in [2.05, 4.69) is 15.4 Å². The zero-order valence-corrected chi connectivity index (χ0v) is 18.3. The fraction of sp³-hybridized carbons (Fsp3) is 0.400. The van der Waals surface area contributed by atoms with Crippen LogP contribution in [0.1, 0.15) is 26.3 Å². The number of rotatable bonds is 8. The van der Waals surface area contributed by atoms with Gasteiger partial charge in [-0.25, -0.2) is 4.98 Å². The molecule has 0 atom stereocenters. The predicted octanol–water partition coefficient (Wildman–Crippen LogP) is 3.33. The van der Waals surface area contributed by atoms with Crippen molar-refractivity contribution in [3.8, 4) is 0 Å². The van der Waals surface area contributed by atoms with Crippen molar-refractivity contribution in [1.82, 2.24) is 24.6 Å². The highest BCUT2D eigenvalue weighted by molar-refractivity contribution is 7.99. The molecule has 2 aromatic heterocycles. The molecule has 0 radical (unpaired) electrons. The quantitative estimate of drug-likeness (QED) is 0.435. The van der Waals surface area contributed by atoms with Crippen molar-refractivity contribution < 1.29 is 4.79 Å². The summed E-state index contributed by atoms with van der Waals surface area (Å²) in [6.07, 6.45) is 1.76. The van der Waals surface area contributed by atoms with Gasteiger partial charge in [-0.1, -0.05) is 55.4 Å². The molecule has 0 aliphatic rings. The van der Waals surface area contributed by atoms with E-state index >= 15 is 0 Å². The highest BCUT2D eigenvalue weighted by Gasteiger charge is 2.16. The Hall–Kier alpha value is -2.32. The van der Waals surface area contributed by atoms with Crippen molar-refractivity contribution >= 4 is 40.3 Å². The normalized spacial score (nSPS) is 11.3. The summed E-state index contributed by atoms with van der Waals surface area (Å²) in [4.78, 5) is 29.9. The zero-order chi connectivity index (χ0) is 21.0. The molecule has 154 valence electrons. The zero-order valence-electron chi connectivity index (χ0n) is 16.7. The fourth-order valence-electron chi connectivity index (χ4n) is 2.84. The Morgan fingerprint density at radius 1 is 1.31 bits per heavy atom. The van der Waals surface area contributed by atoms with Gasteiger partial charge in [-0.15, -0.1) is 0 Å². The number of amides is 1. The number of carbonyl (C=O) groups is 1. The molecule has 0 saturated heterocycles. The number of hydrogen-bond acceptors (Lipinski definition) is 5.